The van der Waals surface area contributed by atoms with E-state index in [0.29, 0.717) is 5.56 Å². The van der Waals surface area contributed by atoms with Crippen LogP contribution in [0.5, 0.6) is 0 Å². The van der Waals surface area contributed by atoms with E-state index in [1.807, 2.05) is 13.8 Å². The summed E-state index contributed by atoms with van der Waals surface area (Å²) in [7, 11) is 0. The molecule has 0 spiro atoms. The Bertz CT molecular complexity index is 736. The third-order valence-electron chi connectivity index (χ3n) is 4.66. The second kappa shape index (κ2) is 6.21. The Kier molecular flexibility index (Phi) is 4.69. The number of β-lactam (4-membered cyclic amide) rings is 1. The molecule has 2 aliphatic rings. The zero-order valence-corrected chi connectivity index (χ0v) is 17.8. The Morgan fingerprint density at radius 1 is 1.46 bits per heavy atom. The Labute approximate surface area is 165 Å². The highest BCUT2D eigenvalue weighted by Crippen LogP contribution is 2.63. The van der Waals surface area contributed by atoms with E-state index >= 15 is 0 Å². The lowest BCUT2D eigenvalue weighted by Crippen LogP contribution is -2.69. The van der Waals surface area contributed by atoms with Crippen LogP contribution >= 0.6 is 27.7 Å². The standard InChI is InChI=1S/C18H23BrN2O4S/c1-16(2,3)25-15(24)18(19)17(4,5)26-14-11(13(23)21(14)18)12(22)10-7-6-8-20-9-10/h6-9,11-12,14,22H,1-5H3/t11-,12?,14-,18+/m1/s1. The van der Waals surface area contributed by atoms with Crippen LogP contribution in [0.25, 0.3) is 0 Å². The largest absolute Gasteiger partial charge is 0.458 e. The molecule has 1 aromatic rings. The summed E-state index contributed by atoms with van der Waals surface area (Å²) < 4.78 is 3.68. The maximum absolute atomic E-state index is 12.9. The molecule has 0 aliphatic carbocycles. The van der Waals surface area contributed by atoms with Crippen molar-refractivity contribution < 1.29 is 19.4 Å². The summed E-state index contributed by atoms with van der Waals surface area (Å²) in [6.45, 7) is 9.17. The summed E-state index contributed by atoms with van der Waals surface area (Å²) in [5.41, 5.74) is -0.0765. The topological polar surface area (TPSA) is 79.7 Å². The van der Waals surface area contributed by atoms with Gasteiger partial charge in [0.15, 0.2) is 0 Å². The first-order valence-corrected chi connectivity index (χ1v) is 10.1. The third-order valence-corrected chi connectivity index (χ3v) is 8.25. The van der Waals surface area contributed by atoms with E-state index in [4.69, 9.17) is 4.74 Å². The van der Waals surface area contributed by atoms with Crippen LogP contribution in [0, 0.1) is 5.92 Å². The first-order valence-electron chi connectivity index (χ1n) is 8.41. The number of aromatic nitrogens is 1. The van der Waals surface area contributed by atoms with Crippen LogP contribution in [-0.4, -0.2) is 47.0 Å². The number of ether oxygens (including phenoxy) is 1. The molecule has 0 saturated carbocycles. The number of hydrogen-bond donors (Lipinski definition) is 1. The van der Waals surface area contributed by atoms with Crippen LogP contribution in [0.2, 0.25) is 0 Å². The van der Waals surface area contributed by atoms with Gasteiger partial charge in [-0.25, -0.2) is 4.79 Å². The molecule has 8 heteroatoms. The van der Waals surface area contributed by atoms with E-state index in [0.717, 1.165) is 0 Å². The number of carbonyl (C=O) groups excluding carboxylic acids is 2. The SMILES string of the molecule is CC(C)(C)OC(=O)[C@]1(Br)N2C(=O)[C@@H](C(O)c3cccnc3)[C@H]2SC1(C)C. The van der Waals surface area contributed by atoms with E-state index in [1.54, 1.807) is 45.3 Å². The number of hydrogen-bond acceptors (Lipinski definition) is 6. The zero-order valence-electron chi connectivity index (χ0n) is 15.4. The molecule has 0 aromatic carbocycles. The number of aliphatic hydroxyl groups excluding tert-OH is 1. The minimum Gasteiger partial charge on any atom is -0.458 e. The van der Waals surface area contributed by atoms with Crippen molar-refractivity contribution in [2.75, 3.05) is 0 Å². The molecule has 3 heterocycles. The second-order valence-corrected chi connectivity index (χ2v) is 11.0. The third kappa shape index (κ3) is 2.86. The van der Waals surface area contributed by atoms with Crippen LogP contribution < -0.4 is 0 Å². The first-order chi connectivity index (χ1) is 11.9. The molecular formula is C18H23BrN2O4S. The van der Waals surface area contributed by atoms with Crippen molar-refractivity contribution in [1.29, 1.82) is 0 Å². The second-order valence-electron chi connectivity index (χ2n) is 8.11. The number of thioether (sulfide) groups is 1. The molecule has 1 N–H and O–H groups in total. The summed E-state index contributed by atoms with van der Waals surface area (Å²) in [6.07, 6.45) is 2.21. The van der Waals surface area contributed by atoms with Gasteiger partial charge in [-0.15, -0.1) is 11.8 Å². The fraction of sp³-hybridized carbons (Fsp3) is 0.611. The number of amides is 1. The van der Waals surface area contributed by atoms with Crippen molar-refractivity contribution in [2.45, 2.75) is 60.9 Å². The molecule has 3 rings (SSSR count). The molecular weight excluding hydrogens is 420 g/mol. The molecule has 26 heavy (non-hydrogen) atoms. The van der Waals surface area contributed by atoms with E-state index in [1.165, 1.54) is 16.7 Å². The van der Waals surface area contributed by atoms with Crippen molar-refractivity contribution >= 4 is 39.6 Å². The molecule has 0 bridgehead atoms. The fourth-order valence-electron chi connectivity index (χ4n) is 3.35. The normalized spacial score (nSPS) is 31.2. The molecule has 4 atom stereocenters. The van der Waals surface area contributed by atoms with E-state index in [9.17, 15) is 14.7 Å². The monoisotopic (exact) mass is 442 g/mol. The minimum atomic E-state index is -1.27. The van der Waals surface area contributed by atoms with Gasteiger partial charge in [0.25, 0.3) is 0 Å². The Hall–Kier alpha value is -1.12. The van der Waals surface area contributed by atoms with E-state index < -0.39 is 32.8 Å². The fourth-order valence-corrected chi connectivity index (χ4v) is 5.96. The Morgan fingerprint density at radius 2 is 2.12 bits per heavy atom. The lowest BCUT2D eigenvalue weighted by Gasteiger charge is -2.49. The number of nitrogens with zero attached hydrogens (tertiary/aromatic N) is 2. The smallest absolute Gasteiger partial charge is 0.345 e. The summed E-state index contributed by atoms with van der Waals surface area (Å²) in [5, 5.41) is 10.4. The van der Waals surface area contributed by atoms with Gasteiger partial charge >= 0.3 is 5.97 Å². The average molecular weight is 443 g/mol. The van der Waals surface area contributed by atoms with Crippen molar-refractivity contribution in [2.24, 2.45) is 5.92 Å². The maximum Gasteiger partial charge on any atom is 0.345 e. The molecule has 0 radical (unpaired) electrons. The van der Waals surface area contributed by atoms with Crippen molar-refractivity contribution in [3.05, 3.63) is 30.1 Å². The molecule has 2 aliphatic heterocycles. The van der Waals surface area contributed by atoms with Gasteiger partial charge in [0.1, 0.15) is 5.60 Å². The van der Waals surface area contributed by atoms with Crippen LogP contribution in [0.4, 0.5) is 0 Å². The molecule has 1 amide bonds. The number of rotatable bonds is 3. The van der Waals surface area contributed by atoms with Crippen molar-refractivity contribution in [1.82, 2.24) is 9.88 Å². The van der Waals surface area contributed by atoms with Gasteiger partial charge in [-0.3, -0.25) is 9.78 Å². The van der Waals surface area contributed by atoms with Crippen LogP contribution in [-0.2, 0) is 14.3 Å². The number of pyridine rings is 1. The van der Waals surface area contributed by atoms with Gasteiger partial charge in [-0.05, 0) is 62.2 Å². The number of aliphatic hydroxyl groups is 1. The first kappa shape index (κ1) is 19.6. The molecule has 2 saturated heterocycles. The highest BCUT2D eigenvalue weighted by atomic mass is 79.9. The minimum absolute atomic E-state index is 0.271. The number of alkyl halides is 1. The van der Waals surface area contributed by atoms with Gasteiger partial charge in [0.2, 0.25) is 10.4 Å². The molecule has 6 nitrogen and oxygen atoms in total. The Balaban J connectivity index is 1.90. The van der Waals surface area contributed by atoms with Crippen molar-refractivity contribution in [3.63, 3.8) is 0 Å². The Morgan fingerprint density at radius 3 is 2.65 bits per heavy atom. The zero-order chi connectivity index (χ0) is 19.5. The predicted molar refractivity (Wildman–Crippen MR) is 102 cm³/mol. The van der Waals surface area contributed by atoms with Crippen LogP contribution in [0.1, 0.15) is 46.3 Å². The number of carbonyl (C=O) groups is 2. The quantitative estimate of drug-likeness (QED) is 0.335. The van der Waals surface area contributed by atoms with Gasteiger partial charge in [-0.1, -0.05) is 6.07 Å². The molecule has 2 fully saturated rings. The molecule has 1 unspecified atom stereocenters. The van der Waals surface area contributed by atoms with Gasteiger partial charge in [-0.2, -0.15) is 0 Å². The van der Waals surface area contributed by atoms with E-state index in [2.05, 4.69) is 20.9 Å². The lowest BCUT2D eigenvalue weighted by molar-refractivity contribution is -0.179. The molecule has 1 aromatic heterocycles. The predicted octanol–water partition coefficient (Wildman–Crippen LogP) is 2.86. The van der Waals surface area contributed by atoms with Crippen molar-refractivity contribution in [3.8, 4) is 0 Å². The highest BCUT2D eigenvalue weighted by molar-refractivity contribution is 9.10. The van der Waals surface area contributed by atoms with Gasteiger partial charge < -0.3 is 14.7 Å². The van der Waals surface area contributed by atoms with Gasteiger partial charge in [0.05, 0.1) is 22.1 Å². The average Bonchev–Trinajstić information content (AvgIpc) is 2.71. The summed E-state index contributed by atoms with van der Waals surface area (Å²) in [6, 6.07) is 3.47. The summed E-state index contributed by atoms with van der Waals surface area (Å²) in [5.74, 6) is -1.38. The number of esters is 1. The number of fused-ring (bicyclic) bond motifs is 1. The highest BCUT2D eigenvalue weighted by Gasteiger charge is 2.73. The molecule has 142 valence electrons. The lowest BCUT2D eigenvalue weighted by atomic mass is 9.85. The summed E-state index contributed by atoms with van der Waals surface area (Å²) in [4.78, 5) is 31.4. The van der Waals surface area contributed by atoms with Crippen LogP contribution in [0.15, 0.2) is 24.5 Å². The number of halogens is 1. The maximum atomic E-state index is 12.9. The van der Waals surface area contributed by atoms with E-state index in [-0.39, 0.29) is 11.3 Å². The van der Waals surface area contributed by atoms with Crippen LogP contribution in [0.3, 0.4) is 0 Å². The summed E-state index contributed by atoms with van der Waals surface area (Å²) >= 11 is 5.02. The van der Waals surface area contributed by atoms with Gasteiger partial charge in [0, 0.05) is 12.4 Å².